The molecule has 0 spiro atoms. The number of rotatable bonds is 12. The van der Waals surface area contributed by atoms with Gasteiger partial charge in [-0.05, 0) is 44.1 Å². The molecule has 6 heteroatoms. The molecule has 1 fully saturated rings. The first-order valence-electron chi connectivity index (χ1n) is 9.85. The van der Waals surface area contributed by atoms with Gasteiger partial charge in [0.05, 0.1) is 6.61 Å². The number of benzene rings is 1. The van der Waals surface area contributed by atoms with Crippen LogP contribution in [-0.4, -0.2) is 68.3 Å². The molecule has 2 amide bonds. The van der Waals surface area contributed by atoms with Crippen molar-refractivity contribution in [2.45, 2.75) is 33.2 Å². The van der Waals surface area contributed by atoms with Crippen molar-refractivity contribution in [3.63, 3.8) is 0 Å². The molecule has 1 aromatic carbocycles. The van der Waals surface area contributed by atoms with Gasteiger partial charge in [0.15, 0.2) is 0 Å². The van der Waals surface area contributed by atoms with Gasteiger partial charge in [-0.1, -0.05) is 26.0 Å². The van der Waals surface area contributed by atoms with Gasteiger partial charge >= 0.3 is 6.03 Å². The molecule has 1 aliphatic rings. The Morgan fingerprint density at radius 3 is 2.62 bits per heavy atom. The van der Waals surface area contributed by atoms with Crippen molar-refractivity contribution in [2.24, 2.45) is 0 Å². The number of amides is 2. The molecule has 26 heavy (non-hydrogen) atoms. The van der Waals surface area contributed by atoms with Crippen molar-refractivity contribution >= 4 is 6.03 Å². The SMILES string of the molecule is CCN(CC)CCCOc1ccc(C(C)NCCN2CCNC2=O)cc1. The van der Waals surface area contributed by atoms with Crippen molar-refractivity contribution in [1.82, 2.24) is 20.4 Å². The molecule has 2 N–H and O–H groups in total. The molecule has 1 aromatic rings. The van der Waals surface area contributed by atoms with Crippen LogP contribution in [0.4, 0.5) is 4.79 Å². The van der Waals surface area contributed by atoms with Crippen LogP contribution in [0.1, 0.15) is 38.8 Å². The summed E-state index contributed by atoms with van der Waals surface area (Å²) in [6.07, 6.45) is 1.05. The maximum Gasteiger partial charge on any atom is 0.317 e. The lowest BCUT2D eigenvalue weighted by atomic mass is 10.1. The summed E-state index contributed by atoms with van der Waals surface area (Å²) in [5.41, 5.74) is 1.23. The zero-order valence-electron chi connectivity index (χ0n) is 16.5. The predicted octanol–water partition coefficient (Wildman–Crippen LogP) is 2.47. The zero-order chi connectivity index (χ0) is 18.8. The normalized spacial score (nSPS) is 15.4. The highest BCUT2D eigenvalue weighted by Crippen LogP contribution is 2.17. The highest BCUT2D eigenvalue weighted by atomic mass is 16.5. The van der Waals surface area contributed by atoms with Crippen molar-refractivity contribution in [3.8, 4) is 5.75 Å². The Morgan fingerprint density at radius 2 is 2.00 bits per heavy atom. The number of nitrogens with one attached hydrogen (secondary N) is 2. The van der Waals surface area contributed by atoms with Gasteiger partial charge in [-0.3, -0.25) is 0 Å². The van der Waals surface area contributed by atoms with Crippen molar-refractivity contribution in [2.75, 3.05) is 52.4 Å². The Bertz CT molecular complexity index is 531. The van der Waals surface area contributed by atoms with Gasteiger partial charge in [0.1, 0.15) is 5.75 Å². The monoisotopic (exact) mass is 362 g/mol. The molecule has 0 saturated carbocycles. The second kappa shape index (κ2) is 11.0. The standard InChI is InChI=1S/C20H34N4O2/c1-4-23(5-2)13-6-16-26-19-9-7-18(8-10-19)17(3)21-11-14-24-15-12-22-20(24)25/h7-10,17,21H,4-6,11-16H2,1-3H3,(H,22,25). The van der Waals surface area contributed by atoms with E-state index in [-0.39, 0.29) is 12.1 Å². The van der Waals surface area contributed by atoms with Crippen LogP contribution >= 0.6 is 0 Å². The second-order valence-electron chi connectivity index (χ2n) is 6.69. The molecule has 0 bridgehead atoms. The van der Waals surface area contributed by atoms with Crippen LogP contribution in [0, 0.1) is 0 Å². The van der Waals surface area contributed by atoms with E-state index in [0.29, 0.717) is 0 Å². The summed E-state index contributed by atoms with van der Waals surface area (Å²) in [5, 5.41) is 6.30. The maximum absolute atomic E-state index is 11.5. The lowest BCUT2D eigenvalue weighted by molar-refractivity contribution is 0.217. The van der Waals surface area contributed by atoms with E-state index in [1.54, 1.807) is 0 Å². The maximum atomic E-state index is 11.5. The van der Waals surface area contributed by atoms with Gasteiger partial charge in [0, 0.05) is 38.8 Å². The quantitative estimate of drug-likeness (QED) is 0.561. The third-order valence-electron chi connectivity index (χ3n) is 4.94. The zero-order valence-corrected chi connectivity index (χ0v) is 16.5. The van der Waals surface area contributed by atoms with E-state index in [0.717, 1.165) is 64.6 Å². The first-order valence-corrected chi connectivity index (χ1v) is 9.85. The van der Waals surface area contributed by atoms with E-state index in [9.17, 15) is 4.79 Å². The summed E-state index contributed by atoms with van der Waals surface area (Å²) in [6, 6.07) is 8.59. The number of hydrogen-bond donors (Lipinski definition) is 2. The van der Waals surface area contributed by atoms with Gasteiger partial charge in [0.2, 0.25) is 0 Å². The number of nitrogens with zero attached hydrogens (tertiary/aromatic N) is 2. The molecule has 1 heterocycles. The molecular formula is C20H34N4O2. The molecule has 0 aromatic heterocycles. The Kier molecular flexibility index (Phi) is 8.71. The number of urea groups is 1. The molecule has 6 nitrogen and oxygen atoms in total. The minimum Gasteiger partial charge on any atom is -0.494 e. The average molecular weight is 363 g/mol. The van der Waals surface area contributed by atoms with Crippen molar-refractivity contribution in [3.05, 3.63) is 29.8 Å². The first-order chi connectivity index (χ1) is 12.6. The summed E-state index contributed by atoms with van der Waals surface area (Å²) in [7, 11) is 0. The van der Waals surface area contributed by atoms with E-state index in [4.69, 9.17) is 4.74 Å². The van der Waals surface area contributed by atoms with Crippen LogP contribution in [0.25, 0.3) is 0 Å². The van der Waals surface area contributed by atoms with Crippen LogP contribution in [0.3, 0.4) is 0 Å². The average Bonchev–Trinajstić information content (AvgIpc) is 3.07. The number of ether oxygens (including phenoxy) is 1. The van der Waals surface area contributed by atoms with Crippen molar-refractivity contribution in [1.29, 1.82) is 0 Å². The minimum atomic E-state index is 0.0435. The second-order valence-corrected chi connectivity index (χ2v) is 6.69. The molecule has 0 radical (unpaired) electrons. The molecule has 1 unspecified atom stereocenters. The predicted molar refractivity (Wildman–Crippen MR) is 106 cm³/mol. The van der Waals surface area contributed by atoms with Gasteiger partial charge in [-0.15, -0.1) is 0 Å². The lowest BCUT2D eigenvalue weighted by Crippen LogP contribution is -2.35. The van der Waals surface area contributed by atoms with E-state index in [2.05, 4.69) is 48.4 Å². The van der Waals surface area contributed by atoms with Gasteiger partial charge < -0.3 is 25.2 Å². The largest absolute Gasteiger partial charge is 0.494 e. The molecule has 146 valence electrons. The Labute approximate surface area is 157 Å². The molecule has 2 rings (SSSR count). The van der Waals surface area contributed by atoms with Gasteiger partial charge in [-0.2, -0.15) is 0 Å². The van der Waals surface area contributed by atoms with E-state index in [1.807, 2.05) is 17.0 Å². The fraction of sp³-hybridized carbons (Fsp3) is 0.650. The van der Waals surface area contributed by atoms with E-state index < -0.39 is 0 Å². The number of carbonyl (C=O) groups is 1. The van der Waals surface area contributed by atoms with Gasteiger partial charge in [0.25, 0.3) is 0 Å². The smallest absolute Gasteiger partial charge is 0.317 e. The summed E-state index contributed by atoms with van der Waals surface area (Å²) in [4.78, 5) is 15.8. The van der Waals surface area contributed by atoms with E-state index in [1.165, 1.54) is 5.56 Å². The van der Waals surface area contributed by atoms with Crippen molar-refractivity contribution < 1.29 is 9.53 Å². The minimum absolute atomic E-state index is 0.0435. The molecule has 1 atom stereocenters. The Hall–Kier alpha value is -1.79. The van der Waals surface area contributed by atoms with Gasteiger partial charge in [-0.25, -0.2) is 4.79 Å². The topological polar surface area (TPSA) is 56.8 Å². The highest BCUT2D eigenvalue weighted by Gasteiger charge is 2.18. The molecule has 0 aliphatic carbocycles. The fourth-order valence-electron chi connectivity index (χ4n) is 3.13. The Morgan fingerprint density at radius 1 is 1.27 bits per heavy atom. The van der Waals surface area contributed by atoms with E-state index >= 15 is 0 Å². The molecular weight excluding hydrogens is 328 g/mol. The van der Waals surface area contributed by atoms with Crippen LogP contribution in [0.15, 0.2) is 24.3 Å². The fourth-order valence-corrected chi connectivity index (χ4v) is 3.13. The van der Waals surface area contributed by atoms with Crippen LogP contribution in [-0.2, 0) is 0 Å². The summed E-state index contributed by atoms with van der Waals surface area (Å²) >= 11 is 0. The lowest BCUT2D eigenvalue weighted by Gasteiger charge is -2.19. The molecule has 1 aliphatic heterocycles. The third-order valence-corrected chi connectivity index (χ3v) is 4.94. The Balaban J connectivity index is 1.66. The summed E-state index contributed by atoms with van der Waals surface area (Å²) in [5.74, 6) is 0.925. The summed E-state index contributed by atoms with van der Waals surface area (Å²) < 4.78 is 5.84. The number of hydrogen-bond acceptors (Lipinski definition) is 4. The van der Waals surface area contributed by atoms with Crippen LogP contribution < -0.4 is 15.4 Å². The summed E-state index contributed by atoms with van der Waals surface area (Å²) in [6.45, 7) is 13.6. The number of carbonyl (C=O) groups excluding carboxylic acids is 1. The third kappa shape index (κ3) is 6.50. The van der Waals surface area contributed by atoms with Crippen LogP contribution in [0.2, 0.25) is 0 Å². The van der Waals surface area contributed by atoms with Crippen LogP contribution in [0.5, 0.6) is 5.75 Å². The first kappa shape index (κ1) is 20.5. The highest BCUT2D eigenvalue weighted by molar-refractivity contribution is 5.76. The molecule has 1 saturated heterocycles.